The van der Waals surface area contributed by atoms with Gasteiger partial charge in [0.25, 0.3) is 0 Å². The molecule has 23 heavy (non-hydrogen) atoms. The number of benzene rings is 1. The van der Waals surface area contributed by atoms with Crippen molar-refractivity contribution in [3.8, 4) is 11.4 Å². The number of hydrogen-bond acceptors (Lipinski definition) is 3. The van der Waals surface area contributed by atoms with Crippen molar-refractivity contribution in [3.63, 3.8) is 0 Å². The fourth-order valence-corrected chi connectivity index (χ4v) is 4.02. The van der Waals surface area contributed by atoms with Crippen LogP contribution in [0.25, 0.3) is 11.4 Å². The van der Waals surface area contributed by atoms with E-state index in [0.29, 0.717) is 16.1 Å². The van der Waals surface area contributed by atoms with Gasteiger partial charge in [-0.15, -0.1) is 0 Å². The molecule has 3 aliphatic rings. The smallest absolute Gasteiger partial charge is 0.216 e. The van der Waals surface area contributed by atoms with E-state index in [-0.39, 0.29) is 0 Å². The summed E-state index contributed by atoms with van der Waals surface area (Å²) in [6, 6.07) is 9.98. The van der Waals surface area contributed by atoms with Gasteiger partial charge in [0, 0.05) is 5.56 Å². The summed E-state index contributed by atoms with van der Waals surface area (Å²) in [4.78, 5) is 0. The summed E-state index contributed by atoms with van der Waals surface area (Å²) >= 11 is 5.34. The van der Waals surface area contributed by atoms with Crippen LogP contribution in [0.3, 0.4) is 0 Å². The average molecular weight is 324 g/mol. The summed E-state index contributed by atoms with van der Waals surface area (Å²) in [5.41, 5.74) is 2.73. The van der Waals surface area contributed by atoms with E-state index in [4.69, 9.17) is 12.2 Å². The number of rotatable bonds is 3. The Morgan fingerprint density at radius 1 is 1.35 bits per heavy atom. The first-order valence-corrected chi connectivity index (χ1v) is 8.45. The third-order valence-electron chi connectivity index (χ3n) is 5.52. The highest BCUT2D eigenvalue weighted by atomic mass is 32.1. The average Bonchev–Trinajstić information content (AvgIpc) is 2.94. The molecule has 1 fully saturated rings. The normalized spacial score (nSPS) is 25.2. The number of hydrogen-bond donors (Lipinski definition) is 1. The number of fused-ring (bicyclic) bond motifs is 1. The van der Waals surface area contributed by atoms with Crippen molar-refractivity contribution in [1.29, 1.82) is 0 Å². The second-order valence-electron chi connectivity index (χ2n) is 7.02. The molecule has 2 bridgehead atoms. The quantitative estimate of drug-likeness (QED) is 0.670. The first-order valence-electron chi connectivity index (χ1n) is 8.04. The predicted octanol–water partition coefficient (Wildman–Crippen LogP) is 4.43. The van der Waals surface area contributed by atoms with E-state index < -0.39 is 0 Å². The molecule has 5 heteroatoms. The van der Waals surface area contributed by atoms with Gasteiger partial charge in [0.1, 0.15) is 0 Å². The molecule has 3 aliphatic carbocycles. The van der Waals surface area contributed by atoms with Gasteiger partial charge in [0.2, 0.25) is 4.77 Å². The van der Waals surface area contributed by atoms with Crippen molar-refractivity contribution in [2.75, 3.05) is 0 Å². The molecule has 2 atom stereocenters. The van der Waals surface area contributed by atoms with E-state index in [1.54, 1.807) is 4.68 Å². The Morgan fingerprint density at radius 2 is 2.13 bits per heavy atom. The van der Waals surface area contributed by atoms with E-state index >= 15 is 0 Å². The van der Waals surface area contributed by atoms with Crippen molar-refractivity contribution in [1.82, 2.24) is 14.9 Å². The van der Waals surface area contributed by atoms with Crippen molar-refractivity contribution in [2.45, 2.75) is 26.7 Å². The Balaban J connectivity index is 1.67. The molecule has 118 valence electrons. The lowest BCUT2D eigenvalue weighted by Crippen LogP contribution is -2.48. The van der Waals surface area contributed by atoms with Crippen LogP contribution in [-0.2, 0) is 0 Å². The van der Waals surface area contributed by atoms with Crippen LogP contribution in [-0.4, -0.2) is 21.1 Å². The minimum atomic E-state index is 0.399. The Bertz CT molecular complexity index is 841. The van der Waals surface area contributed by atoms with Crippen molar-refractivity contribution >= 4 is 18.4 Å². The molecule has 2 aromatic rings. The van der Waals surface area contributed by atoms with Crippen molar-refractivity contribution in [2.24, 2.45) is 22.4 Å². The van der Waals surface area contributed by atoms with Crippen LogP contribution in [0.5, 0.6) is 0 Å². The van der Waals surface area contributed by atoms with Gasteiger partial charge >= 0.3 is 0 Å². The van der Waals surface area contributed by atoms with Gasteiger partial charge in [-0.05, 0) is 47.9 Å². The third-order valence-corrected chi connectivity index (χ3v) is 5.78. The zero-order valence-electron chi connectivity index (χ0n) is 13.4. The first-order chi connectivity index (χ1) is 11.1. The highest BCUT2D eigenvalue weighted by Gasteiger charge is 2.50. The second-order valence-corrected chi connectivity index (χ2v) is 7.41. The number of allylic oxidation sites excluding steroid dienone is 2. The molecule has 5 rings (SSSR count). The number of aromatic amines is 1. The Kier molecular flexibility index (Phi) is 3.34. The second kappa shape index (κ2) is 5.27. The molecule has 1 heterocycles. The lowest BCUT2D eigenvalue weighted by atomic mass is 9.49. The maximum atomic E-state index is 5.34. The van der Waals surface area contributed by atoms with Gasteiger partial charge in [-0.3, -0.25) is 0 Å². The molecule has 4 nitrogen and oxygen atoms in total. The maximum Gasteiger partial charge on any atom is 0.216 e. The van der Waals surface area contributed by atoms with Crippen LogP contribution in [0.2, 0.25) is 0 Å². The van der Waals surface area contributed by atoms with E-state index in [2.05, 4.69) is 35.2 Å². The predicted molar refractivity (Wildman–Crippen MR) is 94.8 cm³/mol. The van der Waals surface area contributed by atoms with Gasteiger partial charge in [-0.1, -0.05) is 50.3 Å². The molecule has 1 N–H and O–H groups in total. The summed E-state index contributed by atoms with van der Waals surface area (Å²) in [6.45, 7) is 4.73. The minimum Gasteiger partial charge on any atom is -0.250 e. The van der Waals surface area contributed by atoms with E-state index in [1.165, 1.54) is 12.0 Å². The zero-order valence-corrected chi connectivity index (χ0v) is 14.2. The molecule has 1 aromatic heterocycles. The van der Waals surface area contributed by atoms with Crippen LogP contribution in [0.1, 0.15) is 26.7 Å². The molecule has 1 aromatic carbocycles. The fourth-order valence-electron chi connectivity index (χ4n) is 3.84. The summed E-state index contributed by atoms with van der Waals surface area (Å²) in [7, 11) is 0. The van der Waals surface area contributed by atoms with E-state index in [0.717, 1.165) is 23.7 Å². The van der Waals surface area contributed by atoms with Crippen LogP contribution in [0, 0.1) is 22.0 Å². The molecule has 2 unspecified atom stereocenters. The summed E-state index contributed by atoms with van der Waals surface area (Å²) < 4.78 is 2.23. The van der Waals surface area contributed by atoms with Gasteiger partial charge in [0.15, 0.2) is 5.82 Å². The Morgan fingerprint density at radius 3 is 2.83 bits per heavy atom. The third kappa shape index (κ3) is 2.30. The van der Waals surface area contributed by atoms with E-state index in [1.807, 2.05) is 36.5 Å². The number of aromatic nitrogens is 3. The zero-order chi connectivity index (χ0) is 16.0. The maximum absolute atomic E-state index is 5.34. The molecular formula is C18H20N4S. The first kappa shape index (κ1) is 14.6. The number of H-pyrrole nitrogens is 1. The molecule has 0 radical (unpaired) electrons. The summed E-state index contributed by atoms with van der Waals surface area (Å²) in [5.74, 6) is 2.20. The highest BCUT2D eigenvalue weighted by Crippen LogP contribution is 2.58. The van der Waals surface area contributed by atoms with Crippen molar-refractivity contribution in [3.05, 3.63) is 46.8 Å². The SMILES string of the molecule is CC1(C)C2CC=C(/C=N/n3c(-c4ccccc4)n[nH]c3=S)C1C2. The Labute approximate surface area is 140 Å². The van der Waals surface area contributed by atoms with Gasteiger partial charge in [-0.2, -0.15) is 14.9 Å². The summed E-state index contributed by atoms with van der Waals surface area (Å²) in [5, 5.41) is 11.8. The monoisotopic (exact) mass is 324 g/mol. The number of nitrogens with one attached hydrogen (secondary N) is 1. The van der Waals surface area contributed by atoms with Crippen molar-refractivity contribution < 1.29 is 0 Å². The molecule has 0 amide bonds. The lowest BCUT2D eigenvalue weighted by Gasteiger charge is -2.55. The molecule has 0 aliphatic heterocycles. The van der Waals surface area contributed by atoms with Crippen LogP contribution in [0.4, 0.5) is 0 Å². The summed E-state index contributed by atoms with van der Waals surface area (Å²) in [6.07, 6.45) is 6.75. The fraction of sp³-hybridized carbons (Fsp3) is 0.389. The van der Waals surface area contributed by atoms with Gasteiger partial charge in [0.05, 0.1) is 6.21 Å². The minimum absolute atomic E-state index is 0.399. The number of nitrogens with zero attached hydrogens (tertiary/aromatic N) is 3. The molecule has 1 saturated carbocycles. The highest BCUT2D eigenvalue weighted by molar-refractivity contribution is 7.71. The van der Waals surface area contributed by atoms with Crippen LogP contribution in [0.15, 0.2) is 47.1 Å². The molecule has 0 saturated heterocycles. The largest absolute Gasteiger partial charge is 0.250 e. The molecule has 0 spiro atoms. The Hall–Kier alpha value is -2.01. The van der Waals surface area contributed by atoms with Crippen LogP contribution < -0.4 is 0 Å². The lowest BCUT2D eigenvalue weighted by molar-refractivity contribution is -0.00126. The topological polar surface area (TPSA) is 46.0 Å². The van der Waals surface area contributed by atoms with Gasteiger partial charge < -0.3 is 0 Å². The molecular weight excluding hydrogens is 304 g/mol. The van der Waals surface area contributed by atoms with Crippen LogP contribution >= 0.6 is 12.2 Å². The van der Waals surface area contributed by atoms with E-state index in [9.17, 15) is 0 Å². The van der Waals surface area contributed by atoms with Gasteiger partial charge in [-0.25, -0.2) is 5.10 Å². The standard InChI is InChI=1S/C18H20N4S/c1-18(2)14-9-8-13(15(18)10-14)11-19-22-16(20-21-17(22)23)12-6-4-3-5-7-12/h3-8,11,14-15H,9-10H2,1-2H3,(H,21,23)/b19-11+.